The van der Waals surface area contributed by atoms with Crippen molar-refractivity contribution in [3.8, 4) is 0 Å². The fraction of sp³-hybridized carbons (Fsp3) is 0.357. The van der Waals surface area contributed by atoms with Gasteiger partial charge in [-0.1, -0.05) is 23.8 Å². The molecule has 1 aliphatic rings. The first-order valence-corrected chi connectivity index (χ1v) is 6.76. The van der Waals surface area contributed by atoms with Crippen molar-refractivity contribution in [1.82, 2.24) is 4.98 Å². The minimum Gasteiger partial charge on any atom is -0.455 e. The zero-order chi connectivity index (χ0) is 14.4. The van der Waals surface area contributed by atoms with Crippen LogP contribution in [-0.4, -0.2) is 23.5 Å². The normalized spacial score (nSPS) is 17.6. The second kappa shape index (κ2) is 7.05. The molecule has 0 radical (unpaired) electrons. The lowest BCUT2D eigenvalue weighted by Gasteiger charge is -2.16. The Kier molecular flexibility index (Phi) is 5.12. The Morgan fingerprint density at radius 1 is 1.45 bits per heavy atom. The number of esters is 1. The van der Waals surface area contributed by atoms with Crippen molar-refractivity contribution >= 4 is 29.2 Å². The summed E-state index contributed by atoms with van der Waals surface area (Å²) in [6.45, 7) is -0.315. The van der Waals surface area contributed by atoms with Crippen molar-refractivity contribution < 1.29 is 14.3 Å². The molecule has 5 nitrogen and oxygen atoms in total. The number of pyridine rings is 1. The predicted octanol–water partition coefficient (Wildman–Crippen LogP) is 2.57. The molecule has 0 spiro atoms. The third-order valence-electron chi connectivity index (χ3n) is 2.98. The number of nitrogens with zero attached hydrogens (tertiary/aromatic N) is 1. The first-order chi connectivity index (χ1) is 9.66. The van der Waals surface area contributed by atoms with Crippen molar-refractivity contribution in [3.05, 3.63) is 35.6 Å². The van der Waals surface area contributed by atoms with E-state index >= 15 is 0 Å². The lowest BCUT2D eigenvalue weighted by Crippen LogP contribution is -2.25. The van der Waals surface area contributed by atoms with Gasteiger partial charge in [-0.3, -0.25) is 9.59 Å². The first-order valence-electron chi connectivity index (χ1n) is 6.39. The van der Waals surface area contributed by atoms with Gasteiger partial charge in [0.1, 0.15) is 0 Å². The number of hydrogen-bond acceptors (Lipinski definition) is 4. The highest BCUT2D eigenvalue weighted by molar-refractivity contribution is 6.32. The summed E-state index contributed by atoms with van der Waals surface area (Å²) in [7, 11) is 0. The second-order valence-electron chi connectivity index (χ2n) is 4.48. The molecule has 1 N–H and O–H groups in total. The smallest absolute Gasteiger partial charge is 0.309 e. The molecule has 0 saturated heterocycles. The largest absolute Gasteiger partial charge is 0.455 e. The summed E-state index contributed by atoms with van der Waals surface area (Å²) in [6.07, 6.45) is 7.85. The maximum Gasteiger partial charge on any atom is 0.309 e. The highest BCUT2D eigenvalue weighted by Crippen LogP contribution is 2.20. The monoisotopic (exact) mass is 294 g/mol. The Morgan fingerprint density at radius 2 is 2.30 bits per heavy atom. The van der Waals surface area contributed by atoms with Crippen molar-refractivity contribution in [2.24, 2.45) is 5.92 Å². The molecule has 1 aromatic heterocycles. The van der Waals surface area contributed by atoms with Gasteiger partial charge in [0.05, 0.1) is 11.6 Å². The number of hydrogen-bond donors (Lipinski definition) is 1. The Bertz CT molecular complexity index is 531. The number of halogens is 1. The van der Waals surface area contributed by atoms with Gasteiger partial charge in [0, 0.05) is 6.20 Å². The summed E-state index contributed by atoms with van der Waals surface area (Å²) >= 11 is 5.81. The molecule has 0 bridgehead atoms. The zero-order valence-electron chi connectivity index (χ0n) is 10.8. The van der Waals surface area contributed by atoms with Crippen LogP contribution in [0.3, 0.4) is 0 Å². The SMILES string of the molecule is O=C(COC(=O)[C@H]1CC=CCC1)Nc1cccnc1Cl. The number of rotatable bonds is 4. The van der Waals surface area contributed by atoms with E-state index in [1.165, 1.54) is 6.20 Å². The number of amides is 1. The van der Waals surface area contributed by atoms with Crippen molar-refractivity contribution in [1.29, 1.82) is 0 Å². The highest BCUT2D eigenvalue weighted by atomic mass is 35.5. The summed E-state index contributed by atoms with van der Waals surface area (Å²) in [4.78, 5) is 27.2. The van der Waals surface area contributed by atoms with Gasteiger partial charge in [-0.05, 0) is 31.4 Å². The third-order valence-corrected chi connectivity index (χ3v) is 3.28. The van der Waals surface area contributed by atoms with Crippen LogP contribution in [0.4, 0.5) is 5.69 Å². The number of carbonyl (C=O) groups excluding carboxylic acids is 2. The van der Waals surface area contributed by atoms with Crippen molar-refractivity contribution in [2.45, 2.75) is 19.3 Å². The molecule has 106 valence electrons. The van der Waals surface area contributed by atoms with Gasteiger partial charge in [-0.15, -0.1) is 0 Å². The fourth-order valence-corrected chi connectivity index (χ4v) is 2.09. The van der Waals surface area contributed by atoms with Crippen LogP contribution in [0.1, 0.15) is 19.3 Å². The van der Waals surface area contributed by atoms with E-state index in [9.17, 15) is 9.59 Å². The Hall–Kier alpha value is -1.88. The van der Waals surface area contributed by atoms with Crippen LogP contribution in [0.2, 0.25) is 5.15 Å². The molecule has 0 saturated carbocycles. The van der Waals surface area contributed by atoms with E-state index in [-0.39, 0.29) is 23.6 Å². The number of allylic oxidation sites excluding steroid dienone is 2. The molecule has 2 rings (SSSR count). The van der Waals surface area contributed by atoms with Crippen molar-refractivity contribution in [2.75, 3.05) is 11.9 Å². The van der Waals surface area contributed by atoms with Gasteiger partial charge in [-0.25, -0.2) is 4.98 Å². The molecule has 6 heteroatoms. The van der Waals surface area contributed by atoms with E-state index < -0.39 is 5.91 Å². The molecule has 1 atom stereocenters. The van der Waals surface area contributed by atoms with Crippen LogP contribution in [0, 0.1) is 5.92 Å². The molecule has 20 heavy (non-hydrogen) atoms. The average molecular weight is 295 g/mol. The molecule has 0 fully saturated rings. The summed E-state index contributed by atoms with van der Waals surface area (Å²) in [5, 5.41) is 2.74. The lowest BCUT2D eigenvalue weighted by atomic mass is 9.95. The minimum absolute atomic E-state index is 0.144. The fourth-order valence-electron chi connectivity index (χ4n) is 1.93. The topological polar surface area (TPSA) is 68.3 Å². The van der Waals surface area contributed by atoms with Gasteiger partial charge >= 0.3 is 5.97 Å². The van der Waals surface area contributed by atoms with Gasteiger partial charge in [0.15, 0.2) is 11.8 Å². The summed E-state index contributed by atoms with van der Waals surface area (Å²) in [6, 6.07) is 3.28. The van der Waals surface area contributed by atoms with Gasteiger partial charge in [0.25, 0.3) is 5.91 Å². The number of nitrogens with one attached hydrogen (secondary N) is 1. The van der Waals surface area contributed by atoms with Gasteiger partial charge < -0.3 is 10.1 Å². The van der Waals surface area contributed by atoms with Crippen LogP contribution < -0.4 is 5.32 Å². The van der Waals surface area contributed by atoms with E-state index in [2.05, 4.69) is 10.3 Å². The molecule has 1 amide bonds. The zero-order valence-corrected chi connectivity index (χ0v) is 11.6. The first kappa shape index (κ1) is 14.5. The van der Waals surface area contributed by atoms with Crippen LogP contribution in [0.5, 0.6) is 0 Å². The summed E-state index contributed by atoms with van der Waals surface area (Å²) in [5.74, 6) is -0.906. The highest BCUT2D eigenvalue weighted by Gasteiger charge is 2.21. The number of carbonyl (C=O) groups is 2. The predicted molar refractivity (Wildman–Crippen MR) is 75.3 cm³/mol. The molecular weight excluding hydrogens is 280 g/mol. The maximum absolute atomic E-state index is 11.7. The molecule has 1 heterocycles. The number of anilines is 1. The van der Waals surface area contributed by atoms with Crippen molar-refractivity contribution in [3.63, 3.8) is 0 Å². The van der Waals surface area contributed by atoms with Crippen LogP contribution >= 0.6 is 11.6 Å². The van der Waals surface area contributed by atoms with E-state index in [0.717, 1.165) is 12.8 Å². The Morgan fingerprint density at radius 3 is 3.00 bits per heavy atom. The standard InChI is InChI=1S/C14H15ClN2O3/c15-13-11(7-4-8-16-13)17-12(18)9-20-14(19)10-5-2-1-3-6-10/h1-2,4,7-8,10H,3,5-6,9H2,(H,17,18)/t10-/m0/s1. The quantitative estimate of drug-likeness (QED) is 0.526. The number of aromatic nitrogens is 1. The van der Waals surface area contributed by atoms with E-state index in [1.807, 2.05) is 12.2 Å². The van der Waals surface area contributed by atoms with Crippen LogP contribution in [0.15, 0.2) is 30.5 Å². The minimum atomic E-state index is -0.431. The maximum atomic E-state index is 11.7. The van der Waals surface area contributed by atoms with Gasteiger partial charge in [-0.2, -0.15) is 0 Å². The van der Waals surface area contributed by atoms with Gasteiger partial charge in [0.2, 0.25) is 0 Å². The molecule has 0 unspecified atom stereocenters. The summed E-state index contributed by atoms with van der Waals surface area (Å²) in [5.41, 5.74) is 0.399. The lowest BCUT2D eigenvalue weighted by molar-refractivity contribution is -0.151. The van der Waals surface area contributed by atoms with E-state index in [4.69, 9.17) is 16.3 Å². The van der Waals surface area contributed by atoms with E-state index in [1.54, 1.807) is 12.1 Å². The third kappa shape index (κ3) is 4.06. The molecule has 0 aliphatic heterocycles. The Labute approximate surface area is 122 Å². The summed E-state index contributed by atoms with van der Waals surface area (Å²) < 4.78 is 5.01. The average Bonchev–Trinajstić information content (AvgIpc) is 2.48. The Balaban J connectivity index is 1.79. The van der Waals surface area contributed by atoms with E-state index in [0.29, 0.717) is 12.1 Å². The molecule has 0 aromatic carbocycles. The second-order valence-corrected chi connectivity index (χ2v) is 4.84. The molecule has 1 aliphatic carbocycles. The molecular formula is C14H15ClN2O3. The van der Waals surface area contributed by atoms with Crippen LogP contribution in [-0.2, 0) is 14.3 Å². The number of ether oxygens (including phenoxy) is 1. The van der Waals surface area contributed by atoms with Crippen LogP contribution in [0.25, 0.3) is 0 Å². The molecule has 1 aromatic rings.